The SMILES string of the molecule is CN(C(=O)c1ccc(Cl)cc1F)C1CCNC1.Cl. The first-order valence-corrected chi connectivity index (χ1v) is 5.90. The molecular formula is C12H15Cl2FN2O. The van der Waals surface area contributed by atoms with Gasteiger partial charge in [0.25, 0.3) is 5.91 Å². The number of nitrogens with one attached hydrogen (secondary N) is 1. The van der Waals surface area contributed by atoms with E-state index in [-0.39, 0.29) is 29.9 Å². The molecule has 0 spiro atoms. The summed E-state index contributed by atoms with van der Waals surface area (Å²) in [5, 5.41) is 3.47. The molecule has 0 bridgehead atoms. The molecule has 2 rings (SSSR count). The molecule has 1 unspecified atom stereocenters. The molecule has 0 saturated carbocycles. The summed E-state index contributed by atoms with van der Waals surface area (Å²) in [6.07, 6.45) is 0.900. The number of hydrogen-bond donors (Lipinski definition) is 1. The van der Waals surface area contributed by atoms with E-state index in [9.17, 15) is 9.18 Å². The van der Waals surface area contributed by atoms with Crippen LogP contribution in [0.2, 0.25) is 5.02 Å². The van der Waals surface area contributed by atoms with E-state index in [4.69, 9.17) is 11.6 Å². The lowest BCUT2D eigenvalue weighted by Crippen LogP contribution is -2.38. The van der Waals surface area contributed by atoms with Gasteiger partial charge in [-0.05, 0) is 31.2 Å². The van der Waals surface area contributed by atoms with Crippen molar-refractivity contribution in [2.75, 3.05) is 20.1 Å². The fourth-order valence-corrected chi connectivity index (χ4v) is 2.15. The van der Waals surface area contributed by atoms with Crippen LogP contribution in [0.5, 0.6) is 0 Å². The van der Waals surface area contributed by atoms with Crippen LogP contribution in [0.15, 0.2) is 18.2 Å². The van der Waals surface area contributed by atoms with Gasteiger partial charge in [0.1, 0.15) is 5.82 Å². The molecule has 0 radical (unpaired) electrons. The molecule has 6 heteroatoms. The van der Waals surface area contributed by atoms with Crippen LogP contribution in [0.1, 0.15) is 16.8 Å². The van der Waals surface area contributed by atoms with Crippen LogP contribution in [-0.2, 0) is 0 Å². The van der Waals surface area contributed by atoms with Crippen LogP contribution in [0.4, 0.5) is 4.39 Å². The molecule has 1 aliphatic heterocycles. The van der Waals surface area contributed by atoms with Crippen molar-refractivity contribution in [3.05, 3.63) is 34.6 Å². The van der Waals surface area contributed by atoms with Crippen molar-refractivity contribution in [1.29, 1.82) is 0 Å². The zero-order valence-corrected chi connectivity index (χ0v) is 11.5. The second kappa shape index (κ2) is 6.36. The number of amides is 1. The maximum absolute atomic E-state index is 13.6. The minimum atomic E-state index is -0.569. The molecule has 1 amide bonds. The lowest BCUT2D eigenvalue weighted by Gasteiger charge is -2.24. The van der Waals surface area contributed by atoms with Crippen molar-refractivity contribution in [3.8, 4) is 0 Å². The third kappa shape index (κ3) is 3.13. The Morgan fingerprint density at radius 2 is 2.28 bits per heavy atom. The summed E-state index contributed by atoms with van der Waals surface area (Å²) in [6, 6.07) is 4.25. The molecule has 1 heterocycles. The minimum Gasteiger partial charge on any atom is -0.337 e. The first kappa shape index (κ1) is 15.2. The average molecular weight is 293 g/mol. The number of benzene rings is 1. The van der Waals surface area contributed by atoms with Gasteiger partial charge in [-0.1, -0.05) is 11.6 Å². The Bertz CT molecular complexity index is 436. The van der Waals surface area contributed by atoms with Gasteiger partial charge in [0, 0.05) is 24.7 Å². The van der Waals surface area contributed by atoms with E-state index in [2.05, 4.69) is 5.32 Å². The van der Waals surface area contributed by atoms with Gasteiger partial charge in [0.2, 0.25) is 0 Å². The summed E-state index contributed by atoms with van der Waals surface area (Å²) < 4.78 is 13.6. The number of halogens is 3. The third-order valence-electron chi connectivity index (χ3n) is 3.06. The number of rotatable bonds is 2. The van der Waals surface area contributed by atoms with E-state index in [0.29, 0.717) is 5.02 Å². The Hall–Kier alpha value is -0.840. The summed E-state index contributed by atoms with van der Waals surface area (Å²) in [4.78, 5) is 13.7. The average Bonchev–Trinajstić information content (AvgIpc) is 2.80. The first-order valence-electron chi connectivity index (χ1n) is 5.52. The summed E-state index contributed by atoms with van der Waals surface area (Å²) in [7, 11) is 1.70. The van der Waals surface area contributed by atoms with Crippen LogP contribution >= 0.6 is 24.0 Å². The Balaban J connectivity index is 0.00000162. The molecule has 0 aliphatic carbocycles. The van der Waals surface area contributed by atoms with E-state index in [1.54, 1.807) is 11.9 Å². The highest BCUT2D eigenvalue weighted by Crippen LogP contribution is 2.18. The van der Waals surface area contributed by atoms with E-state index in [1.165, 1.54) is 12.1 Å². The Kier molecular flexibility index (Phi) is 5.38. The largest absolute Gasteiger partial charge is 0.337 e. The molecule has 1 aromatic rings. The summed E-state index contributed by atoms with van der Waals surface area (Å²) in [5.41, 5.74) is 0.0730. The maximum Gasteiger partial charge on any atom is 0.256 e. The van der Waals surface area contributed by atoms with Crippen molar-refractivity contribution in [3.63, 3.8) is 0 Å². The van der Waals surface area contributed by atoms with Gasteiger partial charge in [-0.2, -0.15) is 0 Å². The van der Waals surface area contributed by atoms with Gasteiger partial charge in [0.05, 0.1) is 5.56 Å². The lowest BCUT2D eigenvalue weighted by molar-refractivity contribution is 0.0739. The van der Waals surface area contributed by atoms with Crippen LogP contribution in [0.25, 0.3) is 0 Å². The summed E-state index contributed by atoms with van der Waals surface area (Å²) in [6.45, 7) is 1.66. The maximum atomic E-state index is 13.6. The number of carbonyl (C=O) groups is 1. The number of likely N-dealkylation sites (N-methyl/N-ethyl adjacent to an activating group) is 1. The van der Waals surface area contributed by atoms with E-state index >= 15 is 0 Å². The molecule has 18 heavy (non-hydrogen) atoms. The van der Waals surface area contributed by atoms with E-state index < -0.39 is 5.82 Å². The fourth-order valence-electron chi connectivity index (χ4n) is 1.99. The summed E-state index contributed by atoms with van der Waals surface area (Å²) >= 11 is 5.65. The van der Waals surface area contributed by atoms with Crippen LogP contribution < -0.4 is 5.32 Å². The van der Waals surface area contributed by atoms with Crippen LogP contribution in [0, 0.1) is 5.82 Å². The number of nitrogens with zero attached hydrogens (tertiary/aromatic N) is 1. The zero-order chi connectivity index (χ0) is 12.4. The predicted octanol–water partition coefficient (Wildman–Crippen LogP) is 2.33. The molecular weight excluding hydrogens is 278 g/mol. The van der Waals surface area contributed by atoms with E-state index in [1.807, 2.05) is 0 Å². The Morgan fingerprint density at radius 3 is 2.83 bits per heavy atom. The number of carbonyl (C=O) groups excluding carboxylic acids is 1. The van der Waals surface area contributed by atoms with Crippen LogP contribution in [0.3, 0.4) is 0 Å². The monoisotopic (exact) mass is 292 g/mol. The second-order valence-corrected chi connectivity index (χ2v) is 4.62. The fraction of sp³-hybridized carbons (Fsp3) is 0.417. The molecule has 3 nitrogen and oxygen atoms in total. The van der Waals surface area contributed by atoms with Gasteiger partial charge in [-0.25, -0.2) is 4.39 Å². The molecule has 0 aromatic heterocycles. The van der Waals surface area contributed by atoms with Gasteiger partial charge < -0.3 is 10.2 Å². The molecule has 1 fully saturated rings. The second-order valence-electron chi connectivity index (χ2n) is 4.19. The quantitative estimate of drug-likeness (QED) is 0.907. The van der Waals surface area contributed by atoms with Crippen molar-refractivity contribution in [1.82, 2.24) is 10.2 Å². The molecule has 1 aliphatic rings. The Labute approximate surface area is 117 Å². The van der Waals surface area contributed by atoms with Gasteiger partial charge >= 0.3 is 0 Å². The molecule has 1 aromatic carbocycles. The highest BCUT2D eigenvalue weighted by molar-refractivity contribution is 6.30. The molecule has 100 valence electrons. The van der Waals surface area contributed by atoms with Crippen molar-refractivity contribution in [2.45, 2.75) is 12.5 Å². The molecule has 1 N–H and O–H groups in total. The predicted molar refractivity (Wildman–Crippen MR) is 72.0 cm³/mol. The van der Waals surface area contributed by atoms with Crippen molar-refractivity contribution in [2.24, 2.45) is 0 Å². The Morgan fingerprint density at radius 1 is 1.56 bits per heavy atom. The minimum absolute atomic E-state index is 0. The van der Waals surface area contributed by atoms with Crippen molar-refractivity contribution >= 4 is 29.9 Å². The van der Waals surface area contributed by atoms with E-state index in [0.717, 1.165) is 25.6 Å². The van der Waals surface area contributed by atoms with Gasteiger partial charge in [-0.15, -0.1) is 12.4 Å². The number of hydrogen-bond acceptors (Lipinski definition) is 2. The normalized spacial score (nSPS) is 18.3. The third-order valence-corrected chi connectivity index (χ3v) is 3.30. The highest BCUT2D eigenvalue weighted by atomic mass is 35.5. The standard InChI is InChI=1S/C12H14ClFN2O.ClH/c1-16(9-4-5-15-7-9)12(17)10-3-2-8(13)6-11(10)14;/h2-3,6,9,15H,4-5,7H2,1H3;1H. The highest BCUT2D eigenvalue weighted by Gasteiger charge is 2.25. The van der Waals surface area contributed by atoms with Gasteiger partial charge in [0.15, 0.2) is 0 Å². The van der Waals surface area contributed by atoms with Crippen LogP contribution in [-0.4, -0.2) is 37.0 Å². The molecule has 1 saturated heterocycles. The lowest BCUT2D eigenvalue weighted by atomic mass is 10.1. The smallest absolute Gasteiger partial charge is 0.256 e. The molecule has 1 atom stereocenters. The van der Waals surface area contributed by atoms with Crippen molar-refractivity contribution < 1.29 is 9.18 Å². The summed E-state index contributed by atoms with van der Waals surface area (Å²) in [5.74, 6) is -0.867. The topological polar surface area (TPSA) is 32.3 Å². The zero-order valence-electron chi connectivity index (χ0n) is 9.95. The van der Waals surface area contributed by atoms with Gasteiger partial charge in [-0.3, -0.25) is 4.79 Å². The first-order chi connectivity index (χ1) is 8.09.